The summed E-state index contributed by atoms with van der Waals surface area (Å²) in [5, 5.41) is 0. The fraction of sp³-hybridized carbons (Fsp3) is 0.267. The maximum absolute atomic E-state index is 6.00. The largest absolute Gasteiger partial charge is 0.398 e. The maximum Gasteiger partial charge on any atom is 0.128 e. The van der Waals surface area contributed by atoms with E-state index in [1.165, 1.54) is 0 Å². The van der Waals surface area contributed by atoms with Crippen LogP contribution in [0.3, 0.4) is 0 Å². The van der Waals surface area contributed by atoms with Gasteiger partial charge in [0.2, 0.25) is 0 Å². The molecule has 18 heavy (non-hydrogen) atoms. The molecule has 0 saturated heterocycles. The molecule has 0 atom stereocenters. The standard InChI is InChI=1S/C15H19N3/c1-12(2)18(15-9-5-6-10-17-15)11-13-7-3-4-8-14(13)16/h3-10,12H,11,16H2,1-2H3. The van der Waals surface area contributed by atoms with Gasteiger partial charge in [-0.05, 0) is 37.6 Å². The van der Waals surface area contributed by atoms with Crippen LogP contribution in [0.15, 0.2) is 48.7 Å². The third kappa shape index (κ3) is 2.80. The van der Waals surface area contributed by atoms with Crippen LogP contribution >= 0.6 is 0 Å². The Labute approximate surface area is 108 Å². The summed E-state index contributed by atoms with van der Waals surface area (Å²) in [4.78, 5) is 6.65. The van der Waals surface area contributed by atoms with E-state index in [0.29, 0.717) is 6.04 Å². The fourth-order valence-corrected chi connectivity index (χ4v) is 1.91. The quantitative estimate of drug-likeness (QED) is 0.836. The van der Waals surface area contributed by atoms with Crippen molar-refractivity contribution in [1.29, 1.82) is 0 Å². The molecule has 0 bridgehead atoms. The lowest BCUT2D eigenvalue weighted by molar-refractivity contribution is 0.673. The molecule has 0 spiro atoms. The van der Waals surface area contributed by atoms with E-state index in [0.717, 1.165) is 23.6 Å². The first-order valence-electron chi connectivity index (χ1n) is 6.19. The highest BCUT2D eigenvalue weighted by Crippen LogP contribution is 2.20. The summed E-state index contributed by atoms with van der Waals surface area (Å²) < 4.78 is 0. The first-order chi connectivity index (χ1) is 8.68. The summed E-state index contributed by atoms with van der Waals surface area (Å²) in [6.07, 6.45) is 1.82. The molecule has 1 heterocycles. The van der Waals surface area contributed by atoms with Gasteiger partial charge in [-0.1, -0.05) is 24.3 Å². The molecule has 3 heteroatoms. The molecule has 0 aliphatic carbocycles. The van der Waals surface area contributed by atoms with Gasteiger partial charge in [0.25, 0.3) is 0 Å². The lowest BCUT2D eigenvalue weighted by Crippen LogP contribution is -2.31. The zero-order valence-corrected chi connectivity index (χ0v) is 10.9. The number of aromatic nitrogens is 1. The molecule has 0 unspecified atom stereocenters. The Balaban J connectivity index is 2.26. The minimum Gasteiger partial charge on any atom is -0.398 e. The lowest BCUT2D eigenvalue weighted by Gasteiger charge is -2.28. The minimum absolute atomic E-state index is 0.375. The molecule has 0 radical (unpaired) electrons. The first-order valence-corrected chi connectivity index (χ1v) is 6.19. The summed E-state index contributed by atoms with van der Waals surface area (Å²) >= 11 is 0. The Morgan fingerprint density at radius 2 is 1.83 bits per heavy atom. The SMILES string of the molecule is CC(C)N(Cc1ccccc1N)c1ccccn1. The Morgan fingerprint density at radius 1 is 1.11 bits per heavy atom. The van der Waals surface area contributed by atoms with Crippen molar-refractivity contribution in [2.75, 3.05) is 10.6 Å². The van der Waals surface area contributed by atoms with E-state index < -0.39 is 0 Å². The van der Waals surface area contributed by atoms with Gasteiger partial charge in [-0.25, -0.2) is 4.98 Å². The zero-order valence-electron chi connectivity index (χ0n) is 10.9. The topological polar surface area (TPSA) is 42.1 Å². The number of hydrogen-bond donors (Lipinski definition) is 1. The zero-order chi connectivity index (χ0) is 13.0. The van der Waals surface area contributed by atoms with E-state index in [9.17, 15) is 0 Å². The van der Waals surface area contributed by atoms with Crippen molar-refractivity contribution in [1.82, 2.24) is 4.98 Å². The van der Waals surface area contributed by atoms with Gasteiger partial charge in [-0.2, -0.15) is 0 Å². The highest BCUT2D eigenvalue weighted by atomic mass is 15.2. The second-order valence-electron chi connectivity index (χ2n) is 4.61. The van der Waals surface area contributed by atoms with Crippen LogP contribution in [-0.2, 0) is 6.54 Å². The molecule has 0 aliphatic heterocycles. The van der Waals surface area contributed by atoms with E-state index >= 15 is 0 Å². The Hall–Kier alpha value is -2.03. The molecule has 1 aromatic carbocycles. The monoisotopic (exact) mass is 241 g/mol. The molecule has 0 amide bonds. The van der Waals surface area contributed by atoms with Crippen LogP contribution in [0.4, 0.5) is 11.5 Å². The van der Waals surface area contributed by atoms with Gasteiger partial charge in [0.1, 0.15) is 5.82 Å². The average molecular weight is 241 g/mol. The minimum atomic E-state index is 0.375. The Morgan fingerprint density at radius 3 is 2.44 bits per heavy atom. The van der Waals surface area contributed by atoms with Gasteiger partial charge in [0, 0.05) is 24.5 Å². The predicted molar refractivity (Wildman–Crippen MR) is 76.4 cm³/mol. The maximum atomic E-state index is 6.00. The van der Waals surface area contributed by atoms with E-state index in [1.54, 1.807) is 0 Å². The van der Waals surface area contributed by atoms with Crippen LogP contribution in [0.5, 0.6) is 0 Å². The summed E-state index contributed by atoms with van der Waals surface area (Å²) in [5.41, 5.74) is 7.97. The number of nitrogens with zero attached hydrogens (tertiary/aromatic N) is 2. The summed E-state index contributed by atoms with van der Waals surface area (Å²) in [6.45, 7) is 5.10. The van der Waals surface area contributed by atoms with E-state index in [2.05, 4.69) is 29.8 Å². The number of benzene rings is 1. The first kappa shape index (κ1) is 12.4. The van der Waals surface area contributed by atoms with Crippen molar-refractivity contribution >= 4 is 11.5 Å². The molecule has 2 N–H and O–H groups in total. The van der Waals surface area contributed by atoms with Gasteiger partial charge < -0.3 is 10.6 Å². The van der Waals surface area contributed by atoms with Crippen LogP contribution in [0.25, 0.3) is 0 Å². The summed E-state index contributed by atoms with van der Waals surface area (Å²) in [5.74, 6) is 0.982. The second kappa shape index (κ2) is 5.54. The van der Waals surface area contributed by atoms with Gasteiger partial charge in [0.05, 0.1) is 0 Å². The molecular formula is C15H19N3. The van der Waals surface area contributed by atoms with Crippen molar-refractivity contribution in [3.8, 4) is 0 Å². The average Bonchev–Trinajstić information content (AvgIpc) is 2.38. The van der Waals surface area contributed by atoms with Crippen molar-refractivity contribution in [2.24, 2.45) is 0 Å². The predicted octanol–water partition coefficient (Wildman–Crippen LogP) is 3.08. The van der Waals surface area contributed by atoms with E-state index in [4.69, 9.17) is 5.73 Å². The molecule has 2 rings (SSSR count). The highest BCUT2D eigenvalue weighted by Gasteiger charge is 2.13. The molecular weight excluding hydrogens is 222 g/mol. The van der Waals surface area contributed by atoms with Crippen molar-refractivity contribution in [2.45, 2.75) is 26.4 Å². The highest BCUT2D eigenvalue weighted by molar-refractivity contribution is 5.50. The van der Waals surface area contributed by atoms with E-state index in [1.807, 2.05) is 42.6 Å². The normalized spacial score (nSPS) is 10.6. The van der Waals surface area contributed by atoms with Crippen molar-refractivity contribution < 1.29 is 0 Å². The van der Waals surface area contributed by atoms with Crippen LogP contribution in [0.1, 0.15) is 19.4 Å². The van der Waals surface area contributed by atoms with Crippen molar-refractivity contribution in [3.05, 3.63) is 54.2 Å². The van der Waals surface area contributed by atoms with Gasteiger partial charge in [-0.3, -0.25) is 0 Å². The second-order valence-corrected chi connectivity index (χ2v) is 4.61. The molecule has 0 saturated carbocycles. The van der Waals surface area contributed by atoms with Crippen LogP contribution in [-0.4, -0.2) is 11.0 Å². The molecule has 0 aliphatic rings. The molecule has 3 nitrogen and oxygen atoms in total. The van der Waals surface area contributed by atoms with Crippen molar-refractivity contribution in [3.63, 3.8) is 0 Å². The molecule has 2 aromatic rings. The third-order valence-corrected chi connectivity index (χ3v) is 2.96. The number of rotatable bonds is 4. The number of anilines is 2. The number of para-hydroxylation sites is 1. The fourth-order valence-electron chi connectivity index (χ4n) is 1.91. The molecule has 1 aromatic heterocycles. The molecule has 0 fully saturated rings. The Bertz CT molecular complexity index is 494. The van der Waals surface area contributed by atoms with Gasteiger partial charge >= 0.3 is 0 Å². The van der Waals surface area contributed by atoms with Gasteiger partial charge in [0.15, 0.2) is 0 Å². The van der Waals surface area contributed by atoms with Crippen LogP contribution in [0.2, 0.25) is 0 Å². The number of pyridine rings is 1. The number of nitrogens with two attached hydrogens (primary N) is 1. The Kier molecular flexibility index (Phi) is 3.82. The molecule has 94 valence electrons. The van der Waals surface area contributed by atoms with Crippen LogP contribution < -0.4 is 10.6 Å². The number of nitrogen functional groups attached to an aromatic ring is 1. The summed E-state index contributed by atoms with van der Waals surface area (Å²) in [6, 6.07) is 14.3. The third-order valence-electron chi connectivity index (χ3n) is 2.96. The summed E-state index contributed by atoms with van der Waals surface area (Å²) in [7, 11) is 0. The smallest absolute Gasteiger partial charge is 0.128 e. The lowest BCUT2D eigenvalue weighted by atomic mass is 10.1. The van der Waals surface area contributed by atoms with Crippen LogP contribution in [0, 0.1) is 0 Å². The van der Waals surface area contributed by atoms with Gasteiger partial charge in [-0.15, -0.1) is 0 Å². The van der Waals surface area contributed by atoms with E-state index in [-0.39, 0.29) is 0 Å². The number of hydrogen-bond acceptors (Lipinski definition) is 3.